The van der Waals surface area contributed by atoms with Gasteiger partial charge in [-0.25, -0.2) is 0 Å². The van der Waals surface area contributed by atoms with Crippen molar-refractivity contribution < 1.29 is 9.59 Å². The van der Waals surface area contributed by atoms with Gasteiger partial charge in [-0.3, -0.25) is 9.59 Å². The van der Waals surface area contributed by atoms with Gasteiger partial charge in [-0.15, -0.1) is 0 Å². The molecular formula is C17H29N2O2. The molecule has 2 saturated heterocycles. The van der Waals surface area contributed by atoms with Crippen LogP contribution in [0.5, 0.6) is 0 Å². The zero-order valence-corrected chi connectivity index (χ0v) is 13.2. The van der Waals surface area contributed by atoms with Crippen LogP contribution < -0.4 is 0 Å². The molecule has 1 unspecified atom stereocenters. The summed E-state index contributed by atoms with van der Waals surface area (Å²) >= 11 is 0. The summed E-state index contributed by atoms with van der Waals surface area (Å²) in [5.41, 5.74) is 0. The van der Waals surface area contributed by atoms with Crippen molar-refractivity contribution in [2.75, 3.05) is 39.3 Å². The fourth-order valence-corrected chi connectivity index (χ4v) is 3.41. The Labute approximate surface area is 128 Å². The Morgan fingerprint density at radius 1 is 0.857 bits per heavy atom. The summed E-state index contributed by atoms with van der Waals surface area (Å²) in [5, 5.41) is 0. The first kappa shape index (κ1) is 16.6. The maximum absolute atomic E-state index is 12.2. The molecule has 0 saturated carbocycles. The lowest BCUT2D eigenvalue weighted by atomic mass is 9.98. The number of carbonyl (C=O) groups is 1. The summed E-state index contributed by atoms with van der Waals surface area (Å²) in [7, 11) is 0. The monoisotopic (exact) mass is 293 g/mol. The van der Waals surface area contributed by atoms with E-state index in [1.807, 2.05) is 6.29 Å². The third-order valence-electron chi connectivity index (χ3n) is 4.84. The molecule has 2 aliphatic heterocycles. The van der Waals surface area contributed by atoms with Crippen LogP contribution in [0.25, 0.3) is 0 Å². The van der Waals surface area contributed by atoms with Crippen LogP contribution in [0.15, 0.2) is 0 Å². The Kier molecular flexibility index (Phi) is 7.37. The van der Waals surface area contributed by atoms with Crippen molar-refractivity contribution in [2.24, 2.45) is 5.92 Å². The van der Waals surface area contributed by atoms with Gasteiger partial charge in [-0.1, -0.05) is 12.8 Å². The highest BCUT2D eigenvalue weighted by Crippen LogP contribution is 2.13. The maximum Gasteiger partial charge on any atom is 0.209 e. The third kappa shape index (κ3) is 5.87. The molecule has 1 radical (unpaired) electrons. The lowest BCUT2D eigenvalue weighted by Gasteiger charge is -2.27. The van der Waals surface area contributed by atoms with Crippen molar-refractivity contribution in [3.05, 3.63) is 0 Å². The van der Waals surface area contributed by atoms with E-state index in [0.717, 1.165) is 39.3 Å². The van der Waals surface area contributed by atoms with Crippen LogP contribution in [0, 0.1) is 5.92 Å². The number of ketones is 1. The number of likely N-dealkylation sites (tertiary alicyclic amines) is 2. The van der Waals surface area contributed by atoms with Crippen LogP contribution >= 0.6 is 0 Å². The van der Waals surface area contributed by atoms with Gasteiger partial charge in [0.2, 0.25) is 6.29 Å². The highest BCUT2D eigenvalue weighted by molar-refractivity contribution is 5.93. The Balaban J connectivity index is 1.66. The first-order chi connectivity index (χ1) is 10.3. The van der Waals surface area contributed by atoms with E-state index in [4.69, 9.17) is 0 Å². The van der Waals surface area contributed by atoms with Crippen molar-refractivity contribution in [3.63, 3.8) is 0 Å². The molecule has 0 N–H and O–H groups in total. The standard InChI is InChI=1S/C17H29N2O2/c20-15-16(7-13-18-9-3-1-4-10-18)17(21)8-14-19-11-5-2-6-12-19/h16H,1-14H2. The van der Waals surface area contributed by atoms with E-state index in [0.29, 0.717) is 12.8 Å². The van der Waals surface area contributed by atoms with E-state index in [9.17, 15) is 9.59 Å². The van der Waals surface area contributed by atoms with Gasteiger partial charge < -0.3 is 9.80 Å². The minimum absolute atomic E-state index is 0.0904. The molecule has 0 bridgehead atoms. The molecule has 0 aromatic heterocycles. The van der Waals surface area contributed by atoms with Crippen molar-refractivity contribution in [2.45, 2.75) is 51.4 Å². The second-order valence-electron chi connectivity index (χ2n) is 6.48. The minimum atomic E-state index is -0.503. The van der Waals surface area contributed by atoms with E-state index in [-0.39, 0.29) is 5.78 Å². The summed E-state index contributed by atoms with van der Waals surface area (Å²) in [6, 6.07) is 0. The van der Waals surface area contributed by atoms with Crippen molar-refractivity contribution >= 4 is 12.1 Å². The highest BCUT2D eigenvalue weighted by Gasteiger charge is 2.21. The molecule has 119 valence electrons. The normalized spacial score (nSPS) is 22.9. The van der Waals surface area contributed by atoms with Crippen LogP contribution in [-0.2, 0) is 9.59 Å². The molecule has 1 atom stereocenters. The summed E-state index contributed by atoms with van der Waals surface area (Å²) in [6.07, 6.45) is 10.8. The molecule has 2 heterocycles. The van der Waals surface area contributed by atoms with Crippen molar-refractivity contribution in [1.29, 1.82) is 0 Å². The molecule has 4 heteroatoms. The predicted molar refractivity (Wildman–Crippen MR) is 84.0 cm³/mol. The van der Waals surface area contributed by atoms with E-state index >= 15 is 0 Å². The van der Waals surface area contributed by atoms with Crippen LogP contribution in [0.2, 0.25) is 0 Å². The molecular weight excluding hydrogens is 264 g/mol. The van der Waals surface area contributed by atoms with Crippen LogP contribution in [0.1, 0.15) is 51.4 Å². The summed E-state index contributed by atoms with van der Waals surface area (Å²) in [4.78, 5) is 28.0. The Morgan fingerprint density at radius 2 is 1.38 bits per heavy atom. The lowest BCUT2D eigenvalue weighted by molar-refractivity contribution is -0.121. The Morgan fingerprint density at radius 3 is 1.90 bits per heavy atom. The van der Waals surface area contributed by atoms with Gasteiger partial charge in [0.25, 0.3) is 0 Å². The molecule has 2 aliphatic rings. The summed E-state index contributed by atoms with van der Waals surface area (Å²) in [6.45, 7) is 6.14. The molecule has 0 aromatic carbocycles. The number of rotatable bonds is 8. The smallest absolute Gasteiger partial charge is 0.209 e. The van der Waals surface area contributed by atoms with Gasteiger partial charge in [0.1, 0.15) is 5.78 Å². The number of nitrogens with zero attached hydrogens (tertiary/aromatic N) is 2. The van der Waals surface area contributed by atoms with Gasteiger partial charge in [0, 0.05) is 13.0 Å². The van der Waals surface area contributed by atoms with Gasteiger partial charge >= 0.3 is 0 Å². The number of piperidine rings is 2. The third-order valence-corrected chi connectivity index (χ3v) is 4.84. The lowest BCUT2D eigenvalue weighted by Crippen LogP contribution is -2.34. The first-order valence-electron chi connectivity index (χ1n) is 8.64. The highest BCUT2D eigenvalue weighted by atomic mass is 16.1. The first-order valence-corrected chi connectivity index (χ1v) is 8.64. The molecule has 21 heavy (non-hydrogen) atoms. The molecule has 0 spiro atoms. The average Bonchev–Trinajstić information content (AvgIpc) is 2.55. The number of hydrogen-bond donors (Lipinski definition) is 0. The summed E-state index contributed by atoms with van der Waals surface area (Å²) in [5.74, 6) is -0.413. The quantitative estimate of drug-likeness (QED) is 0.642. The summed E-state index contributed by atoms with van der Waals surface area (Å²) < 4.78 is 0. The van der Waals surface area contributed by atoms with Crippen molar-refractivity contribution in [1.82, 2.24) is 9.80 Å². The Bertz CT molecular complexity index is 321. The largest absolute Gasteiger partial charge is 0.303 e. The van der Waals surface area contributed by atoms with E-state index in [2.05, 4.69) is 9.80 Å². The zero-order valence-electron chi connectivity index (χ0n) is 13.2. The molecule has 0 aliphatic carbocycles. The van der Waals surface area contributed by atoms with Crippen molar-refractivity contribution in [3.8, 4) is 0 Å². The number of Topliss-reactive ketones (excluding diaryl/α,β-unsaturated/α-hetero) is 1. The maximum atomic E-state index is 12.2. The average molecular weight is 293 g/mol. The van der Waals surface area contributed by atoms with Gasteiger partial charge in [0.05, 0.1) is 5.92 Å². The molecule has 2 rings (SSSR count). The zero-order chi connectivity index (χ0) is 14.9. The van der Waals surface area contributed by atoms with Crippen LogP contribution in [0.4, 0.5) is 0 Å². The topological polar surface area (TPSA) is 40.6 Å². The van der Waals surface area contributed by atoms with E-state index in [1.54, 1.807) is 0 Å². The SMILES string of the molecule is O=[C]C(CCN1CCCCC1)C(=O)CCN1CCCCC1. The number of carbonyl (C=O) groups excluding carboxylic acids is 2. The fraction of sp³-hybridized carbons (Fsp3) is 0.882. The molecule has 0 amide bonds. The van der Waals surface area contributed by atoms with Gasteiger partial charge in [0.15, 0.2) is 0 Å². The fourth-order valence-electron chi connectivity index (χ4n) is 3.41. The molecule has 2 fully saturated rings. The Hall–Kier alpha value is -0.740. The van der Waals surface area contributed by atoms with Crippen LogP contribution in [-0.4, -0.2) is 61.1 Å². The van der Waals surface area contributed by atoms with Gasteiger partial charge in [-0.2, -0.15) is 0 Å². The predicted octanol–water partition coefficient (Wildman–Crippen LogP) is 2.03. The minimum Gasteiger partial charge on any atom is -0.303 e. The second kappa shape index (κ2) is 9.31. The number of hydrogen-bond acceptors (Lipinski definition) is 4. The van der Waals surface area contributed by atoms with E-state index in [1.165, 1.54) is 38.5 Å². The van der Waals surface area contributed by atoms with Gasteiger partial charge in [-0.05, 0) is 64.8 Å². The molecule has 0 aromatic rings. The molecule has 4 nitrogen and oxygen atoms in total. The van der Waals surface area contributed by atoms with Crippen LogP contribution in [0.3, 0.4) is 0 Å². The van der Waals surface area contributed by atoms with E-state index < -0.39 is 5.92 Å². The second-order valence-corrected chi connectivity index (χ2v) is 6.48.